The van der Waals surface area contributed by atoms with Crippen molar-refractivity contribution in [2.45, 2.75) is 19.0 Å². The van der Waals surface area contributed by atoms with Gasteiger partial charge in [0.2, 0.25) is 5.91 Å². The minimum atomic E-state index is -0.465. The molecule has 0 radical (unpaired) electrons. The fraction of sp³-hybridized carbons (Fsp3) is 0.250. The van der Waals surface area contributed by atoms with Gasteiger partial charge in [-0.15, -0.1) is 5.10 Å². The van der Waals surface area contributed by atoms with E-state index in [0.29, 0.717) is 35.3 Å². The summed E-state index contributed by atoms with van der Waals surface area (Å²) < 4.78 is 18.6. The second-order valence-electron chi connectivity index (χ2n) is 8.57. The molecule has 1 atom stereocenters. The van der Waals surface area contributed by atoms with E-state index in [9.17, 15) is 4.79 Å². The highest BCUT2D eigenvalue weighted by Gasteiger charge is 2.26. The Labute approximate surface area is 226 Å². The average Bonchev–Trinajstić information content (AvgIpc) is 3.42. The number of rotatable bonds is 13. The van der Waals surface area contributed by atoms with E-state index in [1.54, 1.807) is 72.3 Å². The zero-order chi connectivity index (χ0) is 27.5. The Bertz CT molecular complexity index is 1370. The van der Waals surface area contributed by atoms with Crippen molar-refractivity contribution >= 4 is 11.6 Å². The molecule has 1 amide bonds. The predicted octanol–water partition coefficient (Wildman–Crippen LogP) is 4.08. The molecule has 1 unspecified atom stereocenters. The van der Waals surface area contributed by atoms with Gasteiger partial charge in [0, 0.05) is 5.69 Å². The van der Waals surface area contributed by atoms with Gasteiger partial charge in [0.05, 0.1) is 32.7 Å². The van der Waals surface area contributed by atoms with Gasteiger partial charge < -0.3 is 19.5 Å². The summed E-state index contributed by atoms with van der Waals surface area (Å²) in [4.78, 5) is 14.7. The molecule has 4 rings (SSSR count). The molecule has 200 valence electrons. The monoisotopic (exact) mass is 527 g/mol. The zero-order valence-electron chi connectivity index (χ0n) is 21.7. The number of nitrogens with zero attached hydrogens (tertiary/aromatic N) is 6. The second kappa shape index (κ2) is 13.6. The Kier molecular flexibility index (Phi) is 9.42. The maximum absolute atomic E-state index is 12.9. The molecule has 0 aliphatic rings. The quantitative estimate of drug-likeness (QED) is 0.274. The van der Waals surface area contributed by atoms with Crippen molar-refractivity contribution in [1.82, 2.24) is 25.1 Å². The van der Waals surface area contributed by atoms with Crippen LogP contribution in [0.15, 0.2) is 78.9 Å². The van der Waals surface area contributed by atoms with Crippen LogP contribution in [-0.2, 0) is 11.3 Å². The Hall–Kier alpha value is -4.95. The van der Waals surface area contributed by atoms with Crippen molar-refractivity contribution < 1.29 is 19.0 Å². The lowest BCUT2D eigenvalue weighted by molar-refractivity contribution is -0.117. The van der Waals surface area contributed by atoms with E-state index >= 15 is 0 Å². The van der Waals surface area contributed by atoms with Gasteiger partial charge in [0.25, 0.3) is 0 Å². The van der Waals surface area contributed by atoms with Gasteiger partial charge in [-0.25, -0.2) is 4.68 Å². The van der Waals surface area contributed by atoms with E-state index in [1.165, 1.54) is 0 Å². The highest BCUT2D eigenvalue weighted by atomic mass is 16.5. The largest absolute Gasteiger partial charge is 0.497 e. The molecule has 0 saturated heterocycles. The van der Waals surface area contributed by atoms with Crippen LogP contribution in [0, 0.1) is 11.3 Å². The first kappa shape index (κ1) is 27.1. The maximum atomic E-state index is 12.9. The number of hydrogen-bond donors (Lipinski definition) is 1. The van der Waals surface area contributed by atoms with Crippen LogP contribution in [0.5, 0.6) is 23.0 Å². The average molecular weight is 528 g/mol. The van der Waals surface area contributed by atoms with Crippen molar-refractivity contribution in [2.75, 3.05) is 32.6 Å². The number of hydrogen-bond acceptors (Lipinski definition) is 9. The number of ether oxygens (including phenoxy) is 3. The SMILES string of the molecule is COc1ccc(OCC(c2nnnn2CCC#N)N(C)CC(=O)Nc2ccc(Oc3ccccc3)cc2)cc1. The van der Waals surface area contributed by atoms with E-state index in [0.717, 1.165) is 5.75 Å². The van der Waals surface area contributed by atoms with Crippen LogP contribution in [0.3, 0.4) is 0 Å². The molecule has 0 aliphatic carbocycles. The number of methoxy groups -OCH3 is 1. The van der Waals surface area contributed by atoms with Crippen molar-refractivity contribution in [3.05, 3.63) is 84.7 Å². The molecule has 11 nitrogen and oxygen atoms in total. The van der Waals surface area contributed by atoms with Crippen LogP contribution in [0.2, 0.25) is 0 Å². The molecule has 1 heterocycles. The number of nitriles is 1. The van der Waals surface area contributed by atoms with Crippen molar-refractivity contribution in [3.63, 3.8) is 0 Å². The molecule has 0 fully saturated rings. The van der Waals surface area contributed by atoms with Gasteiger partial charge in [0.1, 0.15) is 35.6 Å². The van der Waals surface area contributed by atoms with Crippen LogP contribution in [0.1, 0.15) is 18.3 Å². The molecule has 1 aromatic heterocycles. The number of anilines is 1. The summed E-state index contributed by atoms with van der Waals surface area (Å²) in [5.74, 6) is 3.02. The number of aryl methyl sites for hydroxylation is 1. The molecule has 39 heavy (non-hydrogen) atoms. The molecular weight excluding hydrogens is 498 g/mol. The van der Waals surface area contributed by atoms with Crippen LogP contribution in [-0.4, -0.2) is 58.3 Å². The summed E-state index contributed by atoms with van der Waals surface area (Å²) in [6.45, 7) is 0.549. The van der Waals surface area contributed by atoms with Gasteiger partial charge in [0.15, 0.2) is 5.82 Å². The van der Waals surface area contributed by atoms with Crippen LogP contribution >= 0.6 is 0 Å². The normalized spacial score (nSPS) is 11.4. The lowest BCUT2D eigenvalue weighted by Crippen LogP contribution is -2.37. The minimum Gasteiger partial charge on any atom is -0.497 e. The summed E-state index contributed by atoms with van der Waals surface area (Å²) >= 11 is 0. The molecule has 4 aromatic rings. The van der Waals surface area contributed by atoms with Crippen molar-refractivity contribution in [3.8, 4) is 29.1 Å². The Balaban J connectivity index is 1.41. The van der Waals surface area contributed by atoms with E-state index in [4.69, 9.17) is 19.5 Å². The van der Waals surface area contributed by atoms with Crippen molar-refractivity contribution in [1.29, 1.82) is 5.26 Å². The summed E-state index contributed by atoms with van der Waals surface area (Å²) in [5.41, 5.74) is 0.638. The van der Waals surface area contributed by atoms with Crippen LogP contribution in [0.4, 0.5) is 5.69 Å². The number of benzene rings is 3. The Morgan fingerprint density at radius 3 is 2.36 bits per heavy atom. The highest BCUT2D eigenvalue weighted by molar-refractivity contribution is 5.92. The highest BCUT2D eigenvalue weighted by Crippen LogP contribution is 2.24. The van der Waals surface area contributed by atoms with E-state index in [-0.39, 0.29) is 25.5 Å². The first-order valence-corrected chi connectivity index (χ1v) is 12.3. The Morgan fingerprint density at radius 1 is 1.00 bits per heavy atom. The number of likely N-dealkylation sites (N-methyl/N-ethyl adjacent to an activating group) is 1. The summed E-state index contributed by atoms with van der Waals surface area (Å²) in [5, 5.41) is 23.9. The van der Waals surface area contributed by atoms with Gasteiger partial charge in [-0.1, -0.05) is 18.2 Å². The smallest absolute Gasteiger partial charge is 0.238 e. The number of carbonyl (C=O) groups is 1. The van der Waals surface area contributed by atoms with E-state index in [2.05, 4.69) is 26.9 Å². The second-order valence-corrected chi connectivity index (χ2v) is 8.57. The van der Waals surface area contributed by atoms with Gasteiger partial charge in [-0.3, -0.25) is 9.69 Å². The first-order chi connectivity index (χ1) is 19.1. The molecule has 0 saturated carbocycles. The third kappa shape index (κ3) is 7.77. The molecule has 0 spiro atoms. The summed E-state index contributed by atoms with van der Waals surface area (Å²) in [6.07, 6.45) is 0.248. The lowest BCUT2D eigenvalue weighted by atomic mass is 10.2. The summed E-state index contributed by atoms with van der Waals surface area (Å²) in [6, 6.07) is 25.4. The standard InChI is InChI=1S/C28H29N7O4/c1-34(19-27(36)30-21-9-11-25(12-10-21)39-24-7-4-3-5-8-24)26(28-31-32-33-35(28)18-6-17-29)20-38-23-15-13-22(37-2)14-16-23/h3-5,7-16,26H,6,18-20H2,1-2H3,(H,30,36). The number of tetrazole rings is 1. The summed E-state index contributed by atoms with van der Waals surface area (Å²) in [7, 11) is 3.39. The van der Waals surface area contributed by atoms with Gasteiger partial charge in [-0.05, 0) is 78.1 Å². The molecular formula is C28H29N7O4. The minimum absolute atomic E-state index is 0.0457. The third-order valence-corrected chi connectivity index (χ3v) is 5.80. The number of carbonyl (C=O) groups excluding carboxylic acids is 1. The topological polar surface area (TPSA) is 127 Å². The lowest BCUT2D eigenvalue weighted by Gasteiger charge is -2.26. The van der Waals surface area contributed by atoms with Gasteiger partial charge >= 0.3 is 0 Å². The van der Waals surface area contributed by atoms with E-state index in [1.807, 2.05) is 30.3 Å². The molecule has 1 N–H and O–H groups in total. The molecule has 11 heteroatoms. The fourth-order valence-electron chi connectivity index (χ4n) is 3.78. The zero-order valence-corrected chi connectivity index (χ0v) is 21.7. The van der Waals surface area contributed by atoms with Crippen molar-refractivity contribution in [2.24, 2.45) is 0 Å². The predicted molar refractivity (Wildman–Crippen MR) is 143 cm³/mol. The maximum Gasteiger partial charge on any atom is 0.238 e. The Morgan fingerprint density at radius 2 is 1.67 bits per heavy atom. The third-order valence-electron chi connectivity index (χ3n) is 5.80. The van der Waals surface area contributed by atoms with Crippen LogP contribution in [0.25, 0.3) is 0 Å². The number of nitrogens with one attached hydrogen (secondary N) is 1. The van der Waals surface area contributed by atoms with Crippen LogP contribution < -0.4 is 19.5 Å². The molecule has 0 aliphatic heterocycles. The number of para-hydroxylation sites is 1. The number of aromatic nitrogens is 4. The molecule has 0 bridgehead atoms. The molecule has 3 aromatic carbocycles. The fourth-order valence-corrected chi connectivity index (χ4v) is 3.78. The number of amides is 1. The first-order valence-electron chi connectivity index (χ1n) is 12.3. The van der Waals surface area contributed by atoms with Gasteiger partial charge in [-0.2, -0.15) is 5.26 Å². The van der Waals surface area contributed by atoms with E-state index < -0.39 is 6.04 Å².